The van der Waals surface area contributed by atoms with Crippen LogP contribution in [-0.4, -0.2) is 14.9 Å². The normalized spacial score (nSPS) is 11.2. The summed E-state index contributed by atoms with van der Waals surface area (Å²) in [4.78, 5) is 0. The molecule has 4 N–H and O–H groups in total. The summed E-state index contributed by atoms with van der Waals surface area (Å²) in [5.41, 5.74) is 7.64. The Bertz CT molecular complexity index is 545. The summed E-state index contributed by atoms with van der Waals surface area (Å²) in [5, 5.41) is 9.18. The molecule has 0 amide bonds. The summed E-state index contributed by atoms with van der Waals surface area (Å²) in [6, 6.07) is 7.83. The number of hydrogen-bond acceptors (Lipinski definition) is 5. The number of anilines is 1. The van der Waals surface area contributed by atoms with E-state index in [0.717, 1.165) is 35.3 Å². The van der Waals surface area contributed by atoms with Gasteiger partial charge in [0.1, 0.15) is 0 Å². The van der Waals surface area contributed by atoms with E-state index in [9.17, 15) is 0 Å². The zero-order valence-corrected chi connectivity index (χ0v) is 12.7. The molecule has 108 valence electrons. The van der Waals surface area contributed by atoms with Crippen molar-refractivity contribution in [2.24, 2.45) is 0 Å². The molecule has 0 spiro atoms. The first-order chi connectivity index (χ1) is 9.65. The number of nitrogens with zero attached hydrogens (tertiary/aromatic N) is 3. The van der Waals surface area contributed by atoms with Crippen molar-refractivity contribution in [1.82, 2.24) is 14.9 Å². The monoisotopic (exact) mass is 291 g/mol. The third-order valence-corrected chi connectivity index (χ3v) is 4.40. The van der Waals surface area contributed by atoms with Crippen LogP contribution in [0.3, 0.4) is 0 Å². The summed E-state index contributed by atoms with van der Waals surface area (Å²) < 4.78 is 1.62. The second-order valence-electron chi connectivity index (χ2n) is 4.75. The van der Waals surface area contributed by atoms with Gasteiger partial charge in [0.2, 0.25) is 5.16 Å². The molecule has 0 atom stereocenters. The Morgan fingerprint density at radius 3 is 2.40 bits per heavy atom. The van der Waals surface area contributed by atoms with Gasteiger partial charge in [-0.1, -0.05) is 37.7 Å². The summed E-state index contributed by atoms with van der Waals surface area (Å²) in [7, 11) is 0. The molecule has 0 unspecified atom stereocenters. The maximum absolute atomic E-state index is 6.09. The highest BCUT2D eigenvalue weighted by Crippen LogP contribution is 2.25. The molecule has 0 saturated carbocycles. The van der Waals surface area contributed by atoms with Crippen molar-refractivity contribution in [2.75, 3.05) is 11.6 Å². The highest BCUT2D eigenvalue weighted by molar-refractivity contribution is 7.98. The van der Waals surface area contributed by atoms with Gasteiger partial charge in [-0.2, -0.15) is 0 Å². The third kappa shape index (κ3) is 3.25. The molecule has 0 radical (unpaired) electrons. The van der Waals surface area contributed by atoms with Gasteiger partial charge in [-0.25, -0.2) is 4.68 Å². The van der Waals surface area contributed by atoms with Crippen LogP contribution >= 0.6 is 11.8 Å². The second-order valence-corrected chi connectivity index (χ2v) is 5.70. The Hall–Kier alpha value is -1.69. The second kappa shape index (κ2) is 6.65. The van der Waals surface area contributed by atoms with Crippen LogP contribution in [0.25, 0.3) is 0 Å². The molecule has 0 saturated heterocycles. The zero-order valence-electron chi connectivity index (χ0n) is 11.9. The molecule has 0 aliphatic rings. The van der Waals surface area contributed by atoms with E-state index < -0.39 is 0 Å². The highest BCUT2D eigenvalue weighted by Gasteiger charge is 2.17. The van der Waals surface area contributed by atoms with E-state index in [1.54, 1.807) is 16.4 Å². The van der Waals surface area contributed by atoms with Crippen LogP contribution in [0.15, 0.2) is 29.4 Å². The van der Waals surface area contributed by atoms with Crippen LogP contribution in [0.5, 0.6) is 0 Å². The van der Waals surface area contributed by atoms with Crippen molar-refractivity contribution < 1.29 is 0 Å². The van der Waals surface area contributed by atoms with Crippen molar-refractivity contribution in [1.29, 1.82) is 0 Å². The maximum Gasteiger partial charge on any atom is 0.210 e. The van der Waals surface area contributed by atoms with Crippen LogP contribution < -0.4 is 11.6 Å². The molecule has 0 bridgehead atoms. The summed E-state index contributed by atoms with van der Waals surface area (Å²) in [5.74, 6) is 8.14. The minimum atomic E-state index is 0.373. The van der Waals surface area contributed by atoms with Crippen LogP contribution in [-0.2, 0) is 5.75 Å². The van der Waals surface area contributed by atoms with E-state index >= 15 is 0 Å². The first-order valence-corrected chi connectivity index (χ1v) is 7.81. The van der Waals surface area contributed by atoms with Gasteiger partial charge in [0, 0.05) is 17.4 Å². The largest absolute Gasteiger partial charge is 0.399 e. The topological polar surface area (TPSA) is 82.8 Å². The molecule has 1 heterocycles. The van der Waals surface area contributed by atoms with Gasteiger partial charge >= 0.3 is 0 Å². The van der Waals surface area contributed by atoms with E-state index in [1.807, 2.05) is 24.3 Å². The Morgan fingerprint density at radius 2 is 1.80 bits per heavy atom. The molecular formula is C14H21N5S. The van der Waals surface area contributed by atoms with Gasteiger partial charge in [0.05, 0.1) is 0 Å². The van der Waals surface area contributed by atoms with Gasteiger partial charge < -0.3 is 11.6 Å². The van der Waals surface area contributed by atoms with Crippen molar-refractivity contribution in [2.45, 2.75) is 43.5 Å². The fourth-order valence-corrected chi connectivity index (χ4v) is 2.90. The number of rotatable bonds is 6. The van der Waals surface area contributed by atoms with E-state index in [0.29, 0.717) is 5.92 Å². The summed E-state index contributed by atoms with van der Waals surface area (Å²) in [6.07, 6.45) is 2.04. The van der Waals surface area contributed by atoms with E-state index in [4.69, 9.17) is 11.6 Å². The Labute approximate surface area is 123 Å². The predicted octanol–water partition coefficient (Wildman–Crippen LogP) is 2.77. The molecule has 20 heavy (non-hydrogen) atoms. The first-order valence-electron chi connectivity index (χ1n) is 6.83. The van der Waals surface area contributed by atoms with Gasteiger partial charge in [-0.15, -0.1) is 10.2 Å². The number of hydrogen-bond donors (Lipinski definition) is 2. The number of aromatic nitrogens is 3. The van der Waals surface area contributed by atoms with Crippen molar-refractivity contribution in [3.8, 4) is 0 Å². The molecule has 5 nitrogen and oxygen atoms in total. The molecular weight excluding hydrogens is 270 g/mol. The molecule has 1 aromatic carbocycles. The quantitative estimate of drug-likeness (QED) is 0.486. The van der Waals surface area contributed by atoms with Crippen LogP contribution in [0.2, 0.25) is 0 Å². The fraction of sp³-hybridized carbons (Fsp3) is 0.429. The lowest BCUT2D eigenvalue weighted by molar-refractivity contribution is 0.578. The van der Waals surface area contributed by atoms with Crippen molar-refractivity contribution in [3.05, 3.63) is 35.7 Å². The zero-order chi connectivity index (χ0) is 14.5. The number of thioether (sulfide) groups is 1. The van der Waals surface area contributed by atoms with E-state index in [2.05, 4.69) is 24.0 Å². The minimum Gasteiger partial charge on any atom is -0.399 e. The highest BCUT2D eigenvalue weighted by atomic mass is 32.2. The Kier molecular flexibility index (Phi) is 4.89. The Balaban J connectivity index is 2.05. The minimum absolute atomic E-state index is 0.373. The van der Waals surface area contributed by atoms with Gasteiger partial charge in [0.15, 0.2) is 5.82 Å². The summed E-state index contributed by atoms with van der Waals surface area (Å²) >= 11 is 1.59. The predicted molar refractivity (Wildman–Crippen MR) is 83.9 cm³/mol. The molecule has 2 aromatic rings. The van der Waals surface area contributed by atoms with Crippen molar-refractivity contribution >= 4 is 17.4 Å². The third-order valence-electron chi connectivity index (χ3n) is 3.39. The lowest BCUT2D eigenvalue weighted by Crippen LogP contribution is -2.16. The van der Waals surface area contributed by atoms with E-state index in [1.165, 1.54) is 5.56 Å². The average molecular weight is 291 g/mol. The lowest BCUT2D eigenvalue weighted by atomic mass is 10.0. The first kappa shape index (κ1) is 14.7. The fourth-order valence-electron chi connectivity index (χ4n) is 2.08. The van der Waals surface area contributed by atoms with E-state index in [-0.39, 0.29) is 0 Å². The molecule has 0 aliphatic heterocycles. The number of nitrogen functional groups attached to an aromatic ring is 2. The smallest absolute Gasteiger partial charge is 0.210 e. The van der Waals surface area contributed by atoms with Crippen molar-refractivity contribution in [3.63, 3.8) is 0 Å². The molecule has 6 heteroatoms. The van der Waals surface area contributed by atoms with Gasteiger partial charge in [-0.05, 0) is 30.5 Å². The standard InChI is InChI=1S/C14H21N5S/c1-3-11(4-2)13-17-18-14(19(13)16)20-9-10-5-7-12(15)8-6-10/h5-8,11H,3-4,9,15-16H2,1-2H3. The van der Waals surface area contributed by atoms with Gasteiger partial charge in [-0.3, -0.25) is 0 Å². The average Bonchev–Trinajstić information content (AvgIpc) is 2.82. The molecule has 2 rings (SSSR count). The van der Waals surface area contributed by atoms with Crippen LogP contribution in [0, 0.1) is 0 Å². The molecule has 0 fully saturated rings. The molecule has 1 aromatic heterocycles. The number of nitrogens with two attached hydrogens (primary N) is 2. The van der Waals surface area contributed by atoms with Crippen LogP contribution in [0.1, 0.15) is 44.0 Å². The summed E-state index contributed by atoms with van der Waals surface area (Å²) in [6.45, 7) is 4.29. The Morgan fingerprint density at radius 1 is 1.15 bits per heavy atom. The van der Waals surface area contributed by atoms with Gasteiger partial charge in [0.25, 0.3) is 0 Å². The lowest BCUT2D eigenvalue weighted by Gasteiger charge is -2.11. The number of benzene rings is 1. The maximum atomic E-state index is 6.09. The molecule has 0 aliphatic carbocycles. The SMILES string of the molecule is CCC(CC)c1nnc(SCc2ccc(N)cc2)n1N. The van der Waals surface area contributed by atoms with Crippen LogP contribution in [0.4, 0.5) is 5.69 Å².